The summed E-state index contributed by atoms with van der Waals surface area (Å²) in [5.41, 5.74) is 2.54. The molecule has 2 heterocycles. The van der Waals surface area contributed by atoms with Crippen LogP contribution < -0.4 is 5.32 Å². The number of anilines is 1. The van der Waals surface area contributed by atoms with Gasteiger partial charge in [0.1, 0.15) is 0 Å². The Labute approximate surface area is 134 Å². The monoisotopic (exact) mass is 397 g/mol. The van der Waals surface area contributed by atoms with Gasteiger partial charge in [0, 0.05) is 31.1 Å². The first-order valence-corrected chi connectivity index (χ1v) is 8.76. The number of hydrogen-bond acceptors (Lipinski definition) is 3. The number of nitrogens with one attached hydrogen (secondary N) is 1. The van der Waals surface area contributed by atoms with Crippen molar-refractivity contribution in [2.45, 2.75) is 6.54 Å². The lowest BCUT2D eigenvalue weighted by Gasteiger charge is -2.06. The molecule has 96 valence electrons. The van der Waals surface area contributed by atoms with E-state index in [4.69, 9.17) is 0 Å². The molecule has 0 amide bonds. The van der Waals surface area contributed by atoms with Gasteiger partial charge in [0.2, 0.25) is 0 Å². The van der Waals surface area contributed by atoms with Crippen LogP contribution in [0.15, 0.2) is 53.2 Å². The number of benzene rings is 1. The van der Waals surface area contributed by atoms with E-state index in [1.807, 2.05) is 11.3 Å². The largest absolute Gasteiger partial charge is 0.379 e. The summed E-state index contributed by atoms with van der Waals surface area (Å²) in [4.78, 5) is 2.71. The third-order valence-corrected chi connectivity index (χ3v) is 5.58. The molecule has 3 rings (SSSR count). The summed E-state index contributed by atoms with van der Waals surface area (Å²) in [5.74, 6) is 0. The van der Waals surface area contributed by atoms with Crippen molar-refractivity contribution >= 4 is 51.0 Å². The molecule has 1 N–H and O–H groups in total. The fraction of sp³-hybridized carbons (Fsp3) is 0.0667. The highest BCUT2D eigenvalue weighted by Gasteiger charge is 2.04. The van der Waals surface area contributed by atoms with E-state index in [0.717, 1.165) is 6.54 Å². The van der Waals surface area contributed by atoms with E-state index >= 15 is 0 Å². The number of hydrogen-bond donors (Lipinski definition) is 1. The predicted octanol–water partition coefficient (Wildman–Crippen LogP) is 5.69. The Bertz CT molecular complexity index is 658. The van der Waals surface area contributed by atoms with Gasteiger partial charge in [0.25, 0.3) is 0 Å². The van der Waals surface area contributed by atoms with E-state index < -0.39 is 0 Å². The molecule has 2 aromatic heterocycles. The normalized spacial score (nSPS) is 10.6. The highest BCUT2D eigenvalue weighted by Crippen LogP contribution is 2.29. The van der Waals surface area contributed by atoms with Crippen LogP contribution in [0.4, 0.5) is 5.69 Å². The molecule has 0 aliphatic rings. The van der Waals surface area contributed by atoms with Crippen LogP contribution in [-0.2, 0) is 6.54 Å². The van der Waals surface area contributed by atoms with Crippen LogP contribution in [0.25, 0.3) is 10.4 Å². The molecule has 3 aromatic rings. The first kappa shape index (κ1) is 13.1. The lowest BCUT2D eigenvalue weighted by atomic mass is 10.2. The lowest BCUT2D eigenvalue weighted by molar-refractivity contribution is 1.19. The van der Waals surface area contributed by atoms with Crippen LogP contribution in [0.3, 0.4) is 0 Å². The summed E-state index contributed by atoms with van der Waals surface area (Å²) >= 11 is 5.97. The SMILES string of the molecule is Ic1ccccc1NCc1cc(-c2cccs2)cs1. The zero-order valence-electron chi connectivity index (χ0n) is 10.1. The van der Waals surface area contributed by atoms with Crippen molar-refractivity contribution in [1.82, 2.24) is 0 Å². The number of halogens is 1. The van der Waals surface area contributed by atoms with Crippen molar-refractivity contribution in [2.24, 2.45) is 0 Å². The van der Waals surface area contributed by atoms with Gasteiger partial charge in [-0.3, -0.25) is 0 Å². The van der Waals surface area contributed by atoms with Crippen molar-refractivity contribution in [3.63, 3.8) is 0 Å². The fourth-order valence-electron chi connectivity index (χ4n) is 1.83. The average Bonchev–Trinajstić information content (AvgIpc) is 3.09. The standard InChI is InChI=1S/C15H12INS2/c16-13-4-1-2-5-14(13)17-9-12-8-11(10-19-12)15-6-3-7-18-15/h1-8,10,17H,9H2. The lowest BCUT2D eigenvalue weighted by Crippen LogP contribution is -1.98. The zero-order valence-corrected chi connectivity index (χ0v) is 13.9. The second-order valence-electron chi connectivity index (χ2n) is 4.11. The maximum absolute atomic E-state index is 3.49. The first-order valence-electron chi connectivity index (χ1n) is 5.92. The maximum Gasteiger partial charge on any atom is 0.0494 e. The van der Waals surface area contributed by atoms with Crippen LogP contribution in [0, 0.1) is 3.57 Å². The molecule has 0 spiro atoms. The smallest absolute Gasteiger partial charge is 0.0494 e. The molecule has 0 radical (unpaired) electrons. The third-order valence-electron chi connectivity index (χ3n) is 2.79. The fourth-order valence-corrected chi connectivity index (χ4v) is 4.02. The maximum atomic E-state index is 3.49. The molecule has 0 saturated carbocycles. The second kappa shape index (κ2) is 6.07. The third kappa shape index (κ3) is 3.19. The highest BCUT2D eigenvalue weighted by molar-refractivity contribution is 14.1. The minimum Gasteiger partial charge on any atom is -0.379 e. The van der Waals surface area contributed by atoms with E-state index in [-0.39, 0.29) is 0 Å². The molecule has 1 aromatic carbocycles. The molecule has 0 atom stereocenters. The van der Waals surface area contributed by atoms with Gasteiger partial charge in [0.15, 0.2) is 0 Å². The van der Waals surface area contributed by atoms with E-state index in [0.29, 0.717) is 0 Å². The van der Waals surface area contributed by atoms with Gasteiger partial charge in [-0.2, -0.15) is 0 Å². The number of rotatable bonds is 4. The summed E-state index contributed by atoms with van der Waals surface area (Å²) in [6, 6.07) is 14.9. The topological polar surface area (TPSA) is 12.0 Å². The summed E-state index contributed by atoms with van der Waals surface area (Å²) in [5, 5.41) is 7.85. The molecule has 0 aliphatic carbocycles. The van der Waals surface area contributed by atoms with Crippen LogP contribution in [0.1, 0.15) is 4.88 Å². The Hall–Kier alpha value is -0.850. The quantitative estimate of drug-likeness (QED) is 0.558. The summed E-state index contributed by atoms with van der Waals surface area (Å²) in [6.45, 7) is 0.885. The minimum absolute atomic E-state index is 0.885. The Morgan fingerprint density at radius 3 is 2.74 bits per heavy atom. The van der Waals surface area contributed by atoms with Gasteiger partial charge in [-0.25, -0.2) is 0 Å². The molecule has 0 unspecified atom stereocenters. The zero-order chi connectivity index (χ0) is 13.1. The molecule has 4 heteroatoms. The molecule has 19 heavy (non-hydrogen) atoms. The van der Waals surface area contributed by atoms with Crippen molar-refractivity contribution in [3.8, 4) is 10.4 Å². The van der Waals surface area contributed by atoms with Crippen molar-refractivity contribution < 1.29 is 0 Å². The van der Waals surface area contributed by atoms with Gasteiger partial charge in [-0.05, 0) is 57.6 Å². The molecule has 0 fully saturated rings. The van der Waals surface area contributed by atoms with E-state index in [2.05, 4.69) is 81.1 Å². The van der Waals surface area contributed by atoms with Gasteiger partial charge < -0.3 is 5.32 Å². The Morgan fingerprint density at radius 1 is 1.05 bits per heavy atom. The van der Waals surface area contributed by atoms with Gasteiger partial charge >= 0.3 is 0 Å². The Kier molecular flexibility index (Phi) is 4.20. The van der Waals surface area contributed by atoms with Crippen molar-refractivity contribution in [3.05, 3.63) is 61.7 Å². The summed E-state index contributed by atoms with van der Waals surface area (Å²) in [6.07, 6.45) is 0. The minimum atomic E-state index is 0.885. The Morgan fingerprint density at radius 2 is 1.95 bits per heavy atom. The van der Waals surface area contributed by atoms with E-state index in [1.54, 1.807) is 11.3 Å². The van der Waals surface area contributed by atoms with Crippen LogP contribution in [0.2, 0.25) is 0 Å². The predicted molar refractivity (Wildman–Crippen MR) is 94.1 cm³/mol. The van der Waals surface area contributed by atoms with Crippen LogP contribution >= 0.6 is 45.3 Å². The van der Waals surface area contributed by atoms with Gasteiger partial charge in [-0.15, -0.1) is 22.7 Å². The molecular formula is C15H12INS2. The van der Waals surface area contributed by atoms with Crippen molar-refractivity contribution in [1.29, 1.82) is 0 Å². The van der Waals surface area contributed by atoms with Crippen LogP contribution in [0.5, 0.6) is 0 Å². The highest BCUT2D eigenvalue weighted by atomic mass is 127. The Balaban J connectivity index is 1.70. The molecule has 0 saturated heterocycles. The van der Waals surface area contributed by atoms with E-state index in [1.165, 1.54) is 24.6 Å². The molecule has 0 aliphatic heterocycles. The summed E-state index contributed by atoms with van der Waals surface area (Å²) in [7, 11) is 0. The molecule has 1 nitrogen and oxygen atoms in total. The van der Waals surface area contributed by atoms with E-state index in [9.17, 15) is 0 Å². The molecular weight excluding hydrogens is 385 g/mol. The van der Waals surface area contributed by atoms with Crippen molar-refractivity contribution in [2.75, 3.05) is 5.32 Å². The number of thiophene rings is 2. The first-order chi connectivity index (χ1) is 9.33. The number of para-hydroxylation sites is 1. The summed E-state index contributed by atoms with van der Waals surface area (Å²) < 4.78 is 1.26. The second-order valence-corrected chi connectivity index (χ2v) is 7.22. The molecule has 0 bridgehead atoms. The average molecular weight is 397 g/mol. The van der Waals surface area contributed by atoms with Gasteiger partial charge in [-0.1, -0.05) is 18.2 Å². The van der Waals surface area contributed by atoms with Gasteiger partial charge in [0.05, 0.1) is 0 Å². The van der Waals surface area contributed by atoms with Crippen LogP contribution in [-0.4, -0.2) is 0 Å².